The van der Waals surface area contributed by atoms with Crippen molar-refractivity contribution in [2.75, 3.05) is 0 Å². The first-order chi connectivity index (χ1) is 9.11. The van der Waals surface area contributed by atoms with E-state index in [0.717, 1.165) is 23.5 Å². The molecule has 2 rings (SSSR count). The van der Waals surface area contributed by atoms with Crippen LogP contribution in [0.4, 0.5) is 0 Å². The second-order valence-electron chi connectivity index (χ2n) is 4.45. The summed E-state index contributed by atoms with van der Waals surface area (Å²) >= 11 is 0. The van der Waals surface area contributed by atoms with Crippen LogP contribution in [0.3, 0.4) is 0 Å². The van der Waals surface area contributed by atoms with Gasteiger partial charge in [-0.2, -0.15) is 4.68 Å². The van der Waals surface area contributed by atoms with Crippen LogP contribution in [-0.2, 0) is 11.2 Å². The summed E-state index contributed by atoms with van der Waals surface area (Å²) < 4.78 is 1.69. The molecule has 0 saturated carbocycles. The molecule has 1 atom stereocenters. The second kappa shape index (κ2) is 5.60. The summed E-state index contributed by atoms with van der Waals surface area (Å²) in [7, 11) is 0. The number of hydrogen-bond donors (Lipinski definition) is 1. The maximum Gasteiger partial charge on any atom is 0.303 e. The van der Waals surface area contributed by atoms with Crippen molar-refractivity contribution in [2.24, 2.45) is 0 Å². The standard InChI is InChI=1S/C13H16N4O2/c1-3-12-14-15-16-17(12)11-6-4-10(5-7-11)9(2)8-13(18)19/h4-7,9H,3,8H2,1-2H3,(H,18,19). The number of aromatic nitrogens is 4. The first-order valence-corrected chi connectivity index (χ1v) is 6.21. The average Bonchev–Trinajstić information content (AvgIpc) is 2.86. The van der Waals surface area contributed by atoms with Gasteiger partial charge in [0, 0.05) is 6.42 Å². The molecule has 0 aliphatic rings. The van der Waals surface area contributed by atoms with Gasteiger partial charge in [-0.25, -0.2) is 0 Å². The van der Waals surface area contributed by atoms with Crippen molar-refractivity contribution < 1.29 is 9.90 Å². The summed E-state index contributed by atoms with van der Waals surface area (Å²) in [5.74, 6) is 0.00252. The molecule has 0 amide bonds. The van der Waals surface area contributed by atoms with E-state index in [1.807, 2.05) is 38.1 Å². The van der Waals surface area contributed by atoms with Crippen LogP contribution in [0.15, 0.2) is 24.3 Å². The lowest BCUT2D eigenvalue weighted by atomic mass is 9.98. The van der Waals surface area contributed by atoms with E-state index in [1.54, 1.807) is 4.68 Å². The van der Waals surface area contributed by atoms with Crippen LogP contribution in [0.1, 0.15) is 37.6 Å². The Kier molecular flexibility index (Phi) is 3.89. The number of tetrazole rings is 1. The Hall–Kier alpha value is -2.24. The fourth-order valence-corrected chi connectivity index (χ4v) is 1.95. The lowest BCUT2D eigenvalue weighted by Crippen LogP contribution is -2.05. The lowest BCUT2D eigenvalue weighted by Gasteiger charge is -2.10. The highest BCUT2D eigenvalue weighted by molar-refractivity contribution is 5.68. The molecule has 1 aromatic carbocycles. The van der Waals surface area contributed by atoms with Gasteiger partial charge in [-0.05, 0) is 34.0 Å². The Balaban J connectivity index is 2.21. The van der Waals surface area contributed by atoms with E-state index >= 15 is 0 Å². The van der Waals surface area contributed by atoms with Crippen molar-refractivity contribution in [3.05, 3.63) is 35.7 Å². The number of rotatable bonds is 5. The molecular weight excluding hydrogens is 244 g/mol. The van der Waals surface area contributed by atoms with Gasteiger partial charge in [-0.15, -0.1) is 5.10 Å². The number of benzene rings is 1. The molecule has 0 radical (unpaired) electrons. The summed E-state index contributed by atoms with van der Waals surface area (Å²) in [5, 5.41) is 20.3. The average molecular weight is 260 g/mol. The van der Waals surface area contributed by atoms with Gasteiger partial charge in [-0.1, -0.05) is 26.0 Å². The molecule has 19 heavy (non-hydrogen) atoms. The second-order valence-corrected chi connectivity index (χ2v) is 4.45. The summed E-state index contributed by atoms with van der Waals surface area (Å²) in [6.07, 6.45) is 0.884. The molecule has 0 aliphatic heterocycles. The minimum absolute atomic E-state index is 0.00827. The first kappa shape index (κ1) is 13.2. The van der Waals surface area contributed by atoms with Gasteiger partial charge in [0.15, 0.2) is 5.82 Å². The highest BCUT2D eigenvalue weighted by Crippen LogP contribution is 2.20. The predicted octanol–water partition coefficient (Wildman–Crippen LogP) is 1.80. The fraction of sp³-hybridized carbons (Fsp3) is 0.385. The van der Waals surface area contributed by atoms with Crippen molar-refractivity contribution >= 4 is 5.97 Å². The van der Waals surface area contributed by atoms with Crippen molar-refractivity contribution in [1.29, 1.82) is 0 Å². The van der Waals surface area contributed by atoms with Crippen LogP contribution in [0.2, 0.25) is 0 Å². The number of carboxylic acids is 1. The monoisotopic (exact) mass is 260 g/mol. The molecule has 0 saturated heterocycles. The Morgan fingerprint density at radius 1 is 1.37 bits per heavy atom. The molecule has 100 valence electrons. The molecule has 1 unspecified atom stereocenters. The van der Waals surface area contributed by atoms with Gasteiger partial charge >= 0.3 is 5.97 Å². The summed E-state index contributed by atoms with van der Waals surface area (Å²) in [6.45, 7) is 3.89. The Morgan fingerprint density at radius 2 is 2.05 bits per heavy atom. The number of aliphatic carboxylic acids is 1. The Labute approximate surface area is 111 Å². The zero-order valence-corrected chi connectivity index (χ0v) is 10.9. The maximum atomic E-state index is 10.7. The van der Waals surface area contributed by atoms with Crippen LogP contribution >= 0.6 is 0 Å². The molecule has 1 heterocycles. The Bertz CT molecular complexity index is 562. The van der Waals surface area contributed by atoms with E-state index in [9.17, 15) is 4.79 Å². The van der Waals surface area contributed by atoms with Crippen molar-refractivity contribution in [3.8, 4) is 5.69 Å². The minimum atomic E-state index is -0.787. The van der Waals surface area contributed by atoms with E-state index < -0.39 is 5.97 Å². The maximum absolute atomic E-state index is 10.7. The van der Waals surface area contributed by atoms with Gasteiger partial charge < -0.3 is 5.11 Å². The van der Waals surface area contributed by atoms with E-state index in [-0.39, 0.29) is 12.3 Å². The fourth-order valence-electron chi connectivity index (χ4n) is 1.95. The van der Waals surface area contributed by atoms with E-state index in [1.165, 1.54) is 0 Å². The predicted molar refractivity (Wildman–Crippen MR) is 69.2 cm³/mol. The third-order valence-corrected chi connectivity index (χ3v) is 3.04. The van der Waals surface area contributed by atoms with E-state index in [2.05, 4.69) is 15.5 Å². The zero-order chi connectivity index (χ0) is 13.8. The van der Waals surface area contributed by atoms with Gasteiger partial charge in [0.05, 0.1) is 12.1 Å². The van der Waals surface area contributed by atoms with Crippen LogP contribution < -0.4 is 0 Å². The summed E-state index contributed by atoms with van der Waals surface area (Å²) in [5.41, 5.74) is 1.88. The van der Waals surface area contributed by atoms with E-state index in [0.29, 0.717) is 0 Å². The molecule has 6 nitrogen and oxygen atoms in total. The third kappa shape index (κ3) is 2.96. The number of nitrogens with zero attached hydrogens (tertiary/aromatic N) is 4. The molecule has 0 spiro atoms. The molecule has 1 aromatic heterocycles. The van der Waals surface area contributed by atoms with Crippen LogP contribution in [-0.4, -0.2) is 31.3 Å². The van der Waals surface area contributed by atoms with Crippen molar-refractivity contribution in [1.82, 2.24) is 20.2 Å². The minimum Gasteiger partial charge on any atom is -0.481 e. The number of carboxylic acid groups (broad SMARTS) is 1. The van der Waals surface area contributed by atoms with E-state index in [4.69, 9.17) is 5.11 Å². The largest absolute Gasteiger partial charge is 0.481 e. The lowest BCUT2D eigenvalue weighted by molar-refractivity contribution is -0.137. The van der Waals surface area contributed by atoms with Gasteiger partial charge in [-0.3, -0.25) is 4.79 Å². The van der Waals surface area contributed by atoms with Gasteiger partial charge in [0.25, 0.3) is 0 Å². The van der Waals surface area contributed by atoms with Gasteiger partial charge in [0.1, 0.15) is 0 Å². The third-order valence-electron chi connectivity index (χ3n) is 3.04. The highest BCUT2D eigenvalue weighted by atomic mass is 16.4. The number of aryl methyl sites for hydroxylation is 1. The quantitative estimate of drug-likeness (QED) is 0.886. The van der Waals surface area contributed by atoms with Gasteiger partial charge in [0.2, 0.25) is 0 Å². The number of carbonyl (C=O) groups is 1. The first-order valence-electron chi connectivity index (χ1n) is 6.21. The molecule has 6 heteroatoms. The van der Waals surface area contributed by atoms with Crippen LogP contribution in [0, 0.1) is 0 Å². The molecule has 0 fully saturated rings. The molecular formula is C13H16N4O2. The smallest absolute Gasteiger partial charge is 0.303 e. The zero-order valence-electron chi connectivity index (χ0n) is 10.9. The van der Waals surface area contributed by atoms with Crippen LogP contribution in [0.25, 0.3) is 5.69 Å². The normalized spacial score (nSPS) is 12.3. The SMILES string of the molecule is CCc1nnnn1-c1ccc(C(C)CC(=O)O)cc1. The Morgan fingerprint density at radius 3 is 2.63 bits per heavy atom. The molecule has 0 aliphatic carbocycles. The number of hydrogen-bond acceptors (Lipinski definition) is 4. The molecule has 0 bridgehead atoms. The molecule has 1 N–H and O–H groups in total. The summed E-state index contributed by atoms with van der Waals surface area (Å²) in [6, 6.07) is 7.65. The molecule has 2 aromatic rings. The summed E-state index contributed by atoms with van der Waals surface area (Å²) in [4.78, 5) is 10.7. The van der Waals surface area contributed by atoms with Crippen LogP contribution in [0.5, 0.6) is 0 Å². The topological polar surface area (TPSA) is 80.9 Å². The van der Waals surface area contributed by atoms with Crippen molar-refractivity contribution in [3.63, 3.8) is 0 Å². The highest BCUT2D eigenvalue weighted by Gasteiger charge is 2.11. The van der Waals surface area contributed by atoms with Crippen molar-refractivity contribution in [2.45, 2.75) is 32.6 Å².